The molecule has 1 aromatic carbocycles. The van der Waals surface area contributed by atoms with Gasteiger partial charge in [0.15, 0.2) is 5.75 Å². The Hall–Kier alpha value is -1.75. The van der Waals surface area contributed by atoms with E-state index in [-0.39, 0.29) is 6.10 Å². The highest BCUT2D eigenvalue weighted by molar-refractivity contribution is 9.10. The van der Waals surface area contributed by atoms with Gasteiger partial charge in [0.1, 0.15) is 5.75 Å². The highest BCUT2D eigenvalue weighted by Crippen LogP contribution is 2.32. The molecule has 0 saturated carbocycles. The lowest BCUT2D eigenvalue weighted by atomic mass is 10.3. The quantitative estimate of drug-likeness (QED) is 0.864. The summed E-state index contributed by atoms with van der Waals surface area (Å²) in [5.74, 6) is 1.64. The van der Waals surface area contributed by atoms with Crippen molar-refractivity contribution in [2.75, 3.05) is 5.73 Å². The van der Waals surface area contributed by atoms with Crippen LogP contribution >= 0.6 is 15.9 Å². The van der Waals surface area contributed by atoms with Crippen LogP contribution in [0.2, 0.25) is 0 Å². The average Bonchev–Trinajstić information content (AvgIpc) is 2.29. The second-order valence-corrected chi connectivity index (χ2v) is 5.21. The molecule has 0 fully saturated rings. The zero-order chi connectivity index (χ0) is 13.8. The van der Waals surface area contributed by atoms with Crippen LogP contribution in [-0.2, 0) is 0 Å². The molecule has 0 saturated heterocycles. The van der Waals surface area contributed by atoms with Crippen LogP contribution in [0.1, 0.15) is 13.8 Å². The number of hydrogen-bond acceptors (Lipinski definition) is 4. The van der Waals surface area contributed by atoms with Gasteiger partial charge in [0, 0.05) is 22.4 Å². The van der Waals surface area contributed by atoms with Crippen molar-refractivity contribution >= 4 is 21.6 Å². The fourth-order valence-electron chi connectivity index (χ4n) is 1.55. The Morgan fingerprint density at radius 2 is 2.05 bits per heavy atom. The molecular weight excluding hydrogens is 308 g/mol. The number of hydrogen-bond donors (Lipinski definition) is 1. The number of nitrogens with two attached hydrogens (primary N) is 1. The summed E-state index contributed by atoms with van der Waals surface area (Å²) in [5.41, 5.74) is 6.39. The normalized spacial score (nSPS) is 10.5. The van der Waals surface area contributed by atoms with Crippen LogP contribution < -0.4 is 15.2 Å². The van der Waals surface area contributed by atoms with E-state index in [1.54, 1.807) is 24.4 Å². The van der Waals surface area contributed by atoms with Crippen molar-refractivity contribution in [1.29, 1.82) is 0 Å². The van der Waals surface area contributed by atoms with E-state index in [4.69, 9.17) is 15.2 Å². The monoisotopic (exact) mass is 322 g/mol. The molecule has 2 N–H and O–H groups in total. The Morgan fingerprint density at radius 1 is 1.26 bits per heavy atom. The van der Waals surface area contributed by atoms with Crippen molar-refractivity contribution in [3.8, 4) is 17.4 Å². The number of halogens is 1. The van der Waals surface area contributed by atoms with Gasteiger partial charge >= 0.3 is 0 Å². The van der Waals surface area contributed by atoms with Crippen molar-refractivity contribution < 1.29 is 9.47 Å². The van der Waals surface area contributed by atoms with E-state index in [9.17, 15) is 0 Å². The Kier molecular flexibility index (Phi) is 4.27. The summed E-state index contributed by atoms with van der Waals surface area (Å²) in [6.07, 6.45) is 1.71. The third-order valence-corrected chi connectivity index (χ3v) is 2.66. The highest BCUT2D eigenvalue weighted by Gasteiger charge is 2.09. The van der Waals surface area contributed by atoms with Crippen molar-refractivity contribution in [1.82, 2.24) is 4.98 Å². The van der Waals surface area contributed by atoms with Crippen LogP contribution in [0, 0.1) is 0 Å². The first-order valence-corrected chi connectivity index (χ1v) is 6.69. The third-order valence-electron chi connectivity index (χ3n) is 2.21. The lowest BCUT2D eigenvalue weighted by Gasteiger charge is -2.13. The number of aromatic nitrogens is 1. The molecule has 0 spiro atoms. The van der Waals surface area contributed by atoms with Gasteiger partial charge in [0.25, 0.3) is 5.88 Å². The van der Waals surface area contributed by atoms with Gasteiger partial charge in [-0.25, -0.2) is 4.98 Å². The van der Waals surface area contributed by atoms with Crippen molar-refractivity contribution in [2.24, 2.45) is 0 Å². The molecule has 1 heterocycles. The molecule has 0 radical (unpaired) electrons. The number of rotatable bonds is 4. The van der Waals surface area contributed by atoms with E-state index < -0.39 is 0 Å². The summed E-state index contributed by atoms with van der Waals surface area (Å²) in [6.45, 7) is 3.90. The molecule has 19 heavy (non-hydrogen) atoms. The molecule has 2 aromatic rings. The van der Waals surface area contributed by atoms with Gasteiger partial charge in [0.2, 0.25) is 0 Å². The lowest BCUT2D eigenvalue weighted by Crippen LogP contribution is -2.07. The van der Waals surface area contributed by atoms with E-state index in [1.807, 2.05) is 26.0 Å². The second kappa shape index (κ2) is 5.93. The molecule has 100 valence electrons. The number of anilines is 1. The standard InChI is InChI=1S/C14H15BrN2O2/c1-9(2)18-13-4-3-5-17-14(13)19-12-7-10(15)6-11(16)8-12/h3-9H,16H2,1-2H3. The summed E-state index contributed by atoms with van der Waals surface area (Å²) >= 11 is 3.37. The predicted molar refractivity (Wildman–Crippen MR) is 78.6 cm³/mol. The van der Waals surface area contributed by atoms with Gasteiger partial charge in [0.05, 0.1) is 6.10 Å². The molecule has 2 rings (SSSR count). The number of pyridine rings is 1. The van der Waals surface area contributed by atoms with Gasteiger partial charge in [-0.05, 0) is 38.1 Å². The maximum Gasteiger partial charge on any atom is 0.262 e. The van der Waals surface area contributed by atoms with Crippen LogP contribution in [0.25, 0.3) is 0 Å². The van der Waals surface area contributed by atoms with Gasteiger partial charge in [-0.15, -0.1) is 0 Å². The predicted octanol–water partition coefficient (Wildman–Crippen LogP) is 4.01. The fourth-order valence-corrected chi connectivity index (χ4v) is 2.04. The van der Waals surface area contributed by atoms with Gasteiger partial charge in [-0.3, -0.25) is 0 Å². The minimum absolute atomic E-state index is 0.0547. The molecule has 0 aliphatic carbocycles. The van der Waals surface area contributed by atoms with Gasteiger partial charge in [-0.2, -0.15) is 0 Å². The Balaban J connectivity index is 2.27. The first kappa shape index (κ1) is 13.7. The molecule has 1 aromatic heterocycles. The SMILES string of the molecule is CC(C)Oc1cccnc1Oc1cc(N)cc(Br)c1. The molecule has 0 unspecified atom stereocenters. The largest absolute Gasteiger partial charge is 0.485 e. The van der Waals surface area contributed by atoms with Crippen molar-refractivity contribution in [3.05, 3.63) is 41.0 Å². The number of ether oxygens (including phenoxy) is 2. The molecule has 5 heteroatoms. The summed E-state index contributed by atoms with van der Waals surface area (Å²) in [4.78, 5) is 4.18. The maximum atomic E-state index is 5.77. The van der Waals surface area contributed by atoms with Crippen LogP contribution in [0.5, 0.6) is 17.4 Å². The lowest BCUT2D eigenvalue weighted by molar-refractivity contribution is 0.231. The molecule has 0 aliphatic heterocycles. The Labute approximate surface area is 120 Å². The Morgan fingerprint density at radius 3 is 2.74 bits per heavy atom. The molecule has 0 aliphatic rings. The van der Waals surface area contributed by atoms with Crippen LogP contribution in [0.4, 0.5) is 5.69 Å². The summed E-state index contributed by atoms with van der Waals surface area (Å²) < 4.78 is 12.2. The maximum absolute atomic E-state index is 5.77. The second-order valence-electron chi connectivity index (χ2n) is 4.30. The number of nitrogen functional groups attached to an aromatic ring is 1. The summed E-state index contributed by atoms with van der Waals surface area (Å²) in [7, 11) is 0. The average molecular weight is 323 g/mol. The Bertz CT molecular complexity index is 553. The van der Waals surface area contributed by atoms with Gasteiger partial charge < -0.3 is 15.2 Å². The first-order chi connectivity index (χ1) is 9.04. The van der Waals surface area contributed by atoms with Gasteiger partial charge in [-0.1, -0.05) is 15.9 Å². The zero-order valence-electron chi connectivity index (χ0n) is 10.8. The van der Waals surface area contributed by atoms with E-state index in [0.717, 1.165) is 4.47 Å². The first-order valence-electron chi connectivity index (χ1n) is 5.90. The summed E-state index contributed by atoms with van der Waals surface area (Å²) in [5, 5.41) is 0. The van der Waals surface area contributed by atoms with Crippen LogP contribution in [0.3, 0.4) is 0 Å². The molecule has 4 nitrogen and oxygen atoms in total. The minimum atomic E-state index is 0.0547. The number of benzene rings is 1. The van der Waals surface area contributed by atoms with Crippen molar-refractivity contribution in [3.63, 3.8) is 0 Å². The molecule has 0 atom stereocenters. The third kappa shape index (κ3) is 3.86. The number of nitrogens with zero attached hydrogens (tertiary/aromatic N) is 1. The highest BCUT2D eigenvalue weighted by atomic mass is 79.9. The smallest absolute Gasteiger partial charge is 0.262 e. The minimum Gasteiger partial charge on any atom is -0.485 e. The molecule has 0 bridgehead atoms. The van der Waals surface area contributed by atoms with E-state index in [1.165, 1.54) is 0 Å². The van der Waals surface area contributed by atoms with Crippen LogP contribution in [0.15, 0.2) is 41.0 Å². The topological polar surface area (TPSA) is 57.4 Å². The fraction of sp³-hybridized carbons (Fsp3) is 0.214. The molecular formula is C14H15BrN2O2. The zero-order valence-corrected chi connectivity index (χ0v) is 12.3. The summed E-state index contributed by atoms with van der Waals surface area (Å²) in [6, 6.07) is 8.99. The van der Waals surface area contributed by atoms with Crippen molar-refractivity contribution in [2.45, 2.75) is 20.0 Å². The van der Waals surface area contributed by atoms with E-state index in [0.29, 0.717) is 23.1 Å². The van der Waals surface area contributed by atoms with E-state index in [2.05, 4.69) is 20.9 Å². The molecule has 0 amide bonds. The van der Waals surface area contributed by atoms with E-state index >= 15 is 0 Å². The van der Waals surface area contributed by atoms with Crippen LogP contribution in [-0.4, -0.2) is 11.1 Å².